The minimum Gasteiger partial charge on any atom is -0.477 e. The summed E-state index contributed by atoms with van der Waals surface area (Å²) in [4.78, 5) is 49.1. The van der Waals surface area contributed by atoms with Crippen molar-refractivity contribution in [3.8, 4) is 0 Å². The standard InChI is InChI=1S/C16H13BrN2O5S/c17-7-9-12(15(22)23)19-13(21)11(14(19)25-16(9)24)18-10(20)6-8-4-2-1-3-5-8/h1-5,11,14H,6-7H2,(H,18,20)(H,22,23)/t11-,14-/m1/s1. The Kier molecular flexibility index (Phi) is 4.96. The van der Waals surface area contributed by atoms with Crippen molar-refractivity contribution >= 4 is 50.6 Å². The Balaban J connectivity index is 1.74. The minimum absolute atomic E-state index is 0.0381. The molecular weight excluding hydrogens is 412 g/mol. The monoisotopic (exact) mass is 424 g/mol. The van der Waals surface area contributed by atoms with Crippen LogP contribution in [0.1, 0.15) is 5.56 Å². The zero-order chi connectivity index (χ0) is 18.1. The molecule has 0 unspecified atom stereocenters. The predicted octanol–water partition coefficient (Wildman–Crippen LogP) is 0.889. The SMILES string of the molecule is O=C(Cc1ccccc1)N[C@@H]1C(=O)N2C(C(=O)O)=C(CBr)C(=O)S[C@H]12. The molecule has 25 heavy (non-hydrogen) atoms. The Morgan fingerprint density at radius 2 is 1.92 bits per heavy atom. The van der Waals surface area contributed by atoms with Crippen LogP contribution < -0.4 is 5.32 Å². The molecule has 0 aliphatic carbocycles. The third-order valence-corrected chi connectivity index (χ3v) is 5.65. The van der Waals surface area contributed by atoms with E-state index in [0.717, 1.165) is 22.2 Å². The van der Waals surface area contributed by atoms with Crippen LogP contribution in [0.25, 0.3) is 0 Å². The number of carbonyl (C=O) groups excluding carboxylic acids is 3. The first-order chi connectivity index (χ1) is 11.9. The summed E-state index contributed by atoms with van der Waals surface area (Å²) in [5.41, 5.74) is 0.518. The van der Waals surface area contributed by atoms with Gasteiger partial charge in [-0.2, -0.15) is 0 Å². The van der Waals surface area contributed by atoms with E-state index in [0.29, 0.717) is 0 Å². The molecule has 0 aromatic heterocycles. The largest absolute Gasteiger partial charge is 0.477 e. The highest BCUT2D eigenvalue weighted by molar-refractivity contribution is 9.09. The third kappa shape index (κ3) is 3.21. The van der Waals surface area contributed by atoms with Crippen LogP contribution in [0.2, 0.25) is 0 Å². The second-order valence-corrected chi connectivity index (χ2v) is 7.13. The number of β-lactam (4-membered cyclic amide) rings is 1. The molecule has 0 saturated carbocycles. The molecule has 9 heteroatoms. The molecule has 0 bridgehead atoms. The normalized spacial score (nSPS) is 22.4. The van der Waals surface area contributed by atoms with Crippen molar-refractivity contribution in [1.29, 1.82) is 0 Å². The van der Waals surface area contributed by atoms with Crippen molar-refractivity contribution in [3.05, 3.63) is 47.2 Å². The van der Waals surface area contributed by atoms with Crippen LogP contribution in [0.4, 0.5) is 0 Å². The van der Waals surface area contributed by atoms with Crippen LogP contribution in [0.5, 0.6) is 0 Å². The van der Waals surface area contributed by atoms with E-state index in [2.05, 4.69) is 21.2 Å². The van der Waals surface area contributed by atoms with Gasteiger partial charge in [0.05, 0.1) is 6.42 Å². The molecule has 0 radical (unpaired) electrons. The number of alkyl halides is 1. The van der Waals surface area contributed by atoms with Gasteiger partial charge in [0, 0.05) is 10.9 Å². The van der Waals surface area contributed by atoms with E-state index in [1.54, 1.807) is 24.3 Å². The highest BCUT2D eigenvalue weighted by Crippen LogP contribution is 2.41. The summed E-state index contributed by atoms with van der Waals surface area (Å²) in [6.07, 6.45) is 0.101. The number of aliphatic carboxylic acids is 1. The van der Waals surface area contributed by atoms with Crippen molar-refractivity contribution in [2.24, 2.45) is 0 Å². The molecule has 2 aliphatic heterocycles. The van der Waals surface area contributed by atoms with Gasteiger partial charge in [-0.05, 0) is 5.56 Å². The maximum Gasteiger partial charge on any atom is 0.353 e. The maximum atomic E-state index is 12.3. The van der Waals surface area contributed by atoms with Crippen molar-refractivity contribution in [2.45, 2.75) is 17.8 Å². The average molecular weight is 425 g/mol. The lowest BCUT2D eigenvalue weighted by atomic mass is 10.0. The van der Waals surface area contributed by atoms with E-state index in [1.165, 1.54) is 0 Å². The highest BCUT2D eigenvalue weighted by atomic mass is 79.9. The highest BCUT2D eigenvalue weighted by Gasteiger charge is 2.56. The molecule has 2 heterocycles. The zero-order valence-electron chi connectivity index (χ0n) is 12.8. The lowest BCUT2D eigenvalue weighted by Gasteiger charge is -2.48. The average Bonchev–Trinajstić information content (AvgIpc) is 2.59. The Bertz CT molecular complexity index is 795. The summed E-state index contributed by atoms with van der Waals surface area (Å²) >= 11 is 3.93. The molecule has 130 valence electrons. The summed E-state index contributed by atoms with van der Waals surface area (Å²) < 4.78 is 0. The third-order valence-electron chi connectivity index (χ3n) is 3.90. The first-order valence-electron chi connectivity index (χ1n) is 7.33. The number of nitrogens with zero attached hydrogens (tertiary/aromatic N) is 1. The first kappa shape index (κ1) is 17.7. The summed E-state index contributed by atoms with van der Waals surface area (Å²) in [5, 5.41) is 10.8. The van der Waals surface area contributed by atoms with Gasteiger partial charge in [0.2, 0.25) is 11.0 Å². The predicted molar refractivity (Wildman–Crippen MR) is 93.8 cm³/mol. The topological polar surface area (TPSA) is 104 Å². The van der Waals surface area contributed by atoms with E-state index in [-0.39, 0.29) is 28.9 Å². The Morgan fingerprint density at radius 3 is 2.52 bits per heavy atom. The Morgan fingerprint density at radius 1 is 1.24 bits per heavy atom. The van der Waals surface area contributed by atoms with Crippen LogP contribution >= 0.6 is 27.7 Å². The minimum atomic E-state index is -1.34. The number of hydrogen-bond acceptors (Lipinski definition) is 5. The number of halogens is 1. The number of amides is 2. The summed E-state index contributed by atoms with van der Waals surface area (Å²) in [5.74, 6) is -2.22. The van der Waals surface area contributed by atoms with Gasteiger partial charge in [0.1, 0.15) is 17.1 Å². The second-order valence-electron chi connectivity index (χ2n) is 5.48. The number of nitrogens with one attached hydrogen (secondary N) is 1. The van der Waals surface area contributed by atoms with Gasteiger partial charge in [-0.25, -0.2) is 4.79 Å². The van der Waals surface area contributed by atoms with Gasteiger partial charge in [0.15, 0.2) is 0 Å². The molecule has 2 aliphatic rings. The molecule has 1 aromatic rings. The van der Waals surface area contributed by atoms with Crippen molar-refractivity contribution in [1.82, 2.24) is 10.2 Å². The van der Waals surface area contributed by atoms with Crippen molar-refractivity contribution < 1.29 is 24.3 Å². The van der Waals surface area contributed by atoms with Gasteiger partial charge in [-0.1, -0.05) is 58.0 Å². The lowest BCUT2D eigenvalue weighted by Crippen LogP contribution is -2.71. The first-order valence-corrected chi connectivity index (χ1v) is 9.34. The van der Waals surface area contributed by atoms with Gasteiger partial charge >= 0.3 is 5.97 Å². The van der Waals surface area contributed by atoms with Crippen molar-refractivity contribution in [2.75, 3.05) is 5.33 Å². The van der Waals surface area contributed by atoms with Crippen LogP contribution in [0, 0.1) is 0 Å². The molecule has 3 rings (SSSR count). The number of carboxylic acid groups (broad SMARTS) is 1. The number of benzene rings is 1. The quantitative estimate of drug-likeness (QED) is 0.537. The summed E-state index contributed by atoms with van der Waals surface area (Å²) in [7, 11) is 0. The molecule has 1 aromatic carbocycles. The van der Waals surface area contributed by atoms with Crippen LogP contribution in [-0.4, -0.2) is 49.7 Å². The molecule has 2 atom stereocenters. The van der Waals surface area contributed by atoms with Gasteiger partial charge in [-0.15, -0.1) is 0 Å². The molecule has 2 amide bonds. The van der Waals surface area contributed by atoms with Crippen LogP contribution in [0.15, 0.2) is 41.6 Å². The van der Waals surface area contributed by atoms with E-state index in [9.17, 15) is 24.3 Å². The molecule has 1 fully saturated rings. The van der Waals surface area contributed by atoms with E-state index >= 15 is 0 Å². The number of fused-ring (bicyclic) bond motifs is 1. The number of carbonyl (C=O) groups is 4. The lowest BCUT2D eigenvalue weighted by molar-refractivity contribution is -0.151. The molecule has 0 spiro atoms. The molecule has 1 saturated heterocycles. The van der Waals surface area contributed by atoms with Crippen molar-refractivity contribution in [3.63, 3.8) is 0 Å². The van der Waals surface area contributed by atoms with E-state index in [4.69, 9.17) is 0 Å². The van der Waals surface area contributed by atoms with Gasteiger partial charge in [-0.3, -0.25) is 19.3 Å². The number of hydrogen-bond donors (Lipinski definition) is 2. The number of carboxylic acids is 1. The van der Waals surface area contributed by atoms with E-state index < -0.39 is 28.4 Å². The smallest absolute Gasteiger partial charge is 0.353 e. The molecule has 2 N–H and O–H groups in total. The Hall–Kier alpha value is -2.13. The Labute approximate surface area is 155 Å². The molecule has 7 nitrogen and oxygen atoms in total. The summed E-state index contributed by atoms with van der Waals surface area (Å²) in [6.45, 7) is 0. The maximum absolute atomic E-state index is 12.3. The van der Waals surface area contributed by atoms with Gasteiger partial charge in [0.25, 0.3) is 5.91 Å². The van der Waals surface area contributed by atoms with Crippen LogP contribution in [0.3, 0.4) is 0 Å². The van der Waals surface area contributed by atoms with E-state index in [1.807, 2.05) is 6.07 Å². The second kappa shape index (κ2) is 7.01. The number of thioether (sulfide) groups is 1. The van der Waals surface area contributed by atoms with Crippen LogP contribution in [-0.2, 0) is 25.6 Å². The fourth-order valence-electron chi connectivity index (χ4n) is 2.73. The number of rotatable bonds is 5. The zero-order valence-corrected chi connectivity index (χ0v) is 15.2. The summed E-state index contributed by atoms with van der Waals surface area (Å²) in [6, 6.07) is 8.12. The van der Waals surface area contributed by atoms with Gasteiger partial charge < -0.3 is 10.4 Å². The molecular formula is C16H13BrN2O5S. The fraction of sp³-hybridized carbons (Fsp3) is 0.250. The fourth-order valence-corrected chi connectivity index (χ4v) is 4.61.